The lowest BCUT2D eigenvalue weighted by Crippen LogP contribution is -2.56. The first-order valence-electron chi connectivity index (χ1n) is 6.45. The lowest BCUT2D eigenvalue weighted by Gasteiger charge is -2.32. The lowest BCUT2D eigenvalue weighted by molar-refractivity contribution is -0.141. The average Bonchev–Trinajstić information content (AvgIpc) is 2.84. The molecule has 2 heterocycles. The van der Waals surface area contributed by atoms with E-state index in [2.05, 4.69) is 5.32 Å². The minimum absolute atomic E-state index is 0.0497. The van der Waals surface area contributed by atoms with E-state index in [1.165, 1.54) is 4.90 Å². The smallest absolute Gasteiger partial charge is 0.326 e. The number of carboxylic acid groups (broad SMARTS) is 1. The number of nitrogens with one attached hydrogen (secondary N) is 1. The quantitative estimate of drug-likeness (QED) is 0.645. The number of likely N-dealkylation sites (tertiary alicyclic amines) is 1. The third-order valence-electron chi connectivity index (χ3n) is 4.10. The zero-order valence-corrected chi connectivity index (χ0v) is 11.1. The first-order valence-corrected chi connectivity index (χ1v) is 6.45. The summed E-state index contributed by atoms with van der Waals surface area (Å²) in [5.41, 5.74) is -0.492. The second-order valence-electron chi connectivity index (χ2n) is 5.51. The standard InChI is InChI=1S/C12H20N2O5/c1-7-12(2,3-4-19-7)13-11(18)14-6-8(15)5-9(14)10(16)17/h7-9,15H,3-6H2,1-2H3,(H,13,18)(H,16,17)/t7?,8-,9-,12?/m0/s1. The molecular weight excluding hydrogens is 252 g/mol. The maximum absolute atomic E-state index is 12.2. The van der Waals surface area contributed by atoms with Crippen molar-refractivity contribution in [1.82, 2.24) is 10.2 Å². The van der Waals surface area contributed by atoms with Crippen LogP contribution in [0.5, 0.6) is 0 Å². The fraction of sp³-hybridized carbons (Fsp3) is 0.833. The number of urea groups is 1. The number of carbonyl (C=O) groups is 2. The molecule has 0 spiro atoms. The van der Waals surface area contributed by atoms with Crippen molar-refractivity contribution in [2.75, 3.05) is 13.2 Å². The normalized spacial score (nSPS) is 38.5. The predicted molar refractivity (Wildman–Crippen MR) is 65.7 cm³/mol. The lowest BCUT2D eigenvalue weighted by atomic mass is 9.95. The molecule has 2 aliphatic rings. The summed E-state index contributed by atoms with van der Waals surface area (Å²) in [4.78, 5) is 24.5. The molecule has 2 fully saturated rings. The number of carboxylic acids is 1. The number of nitrogens with zero attached hydrogens (tertiary/aromatic N) is 1. The fourth-order valence-corrected chi connectivity index (χ4v) is 2.59. The van der Waals surface area contributed by atoms with Crippen molar-refractivity contribution in [3.8, 4) is 0 Å². The Morgan fingerprint density at radius 1 is 1.47 bits per heavy atom. The van der Waals surface area contributed by atoms with Gasteiger partial charge in [0.15, 0.2) is 0 Å². The molecule has 7 heteroatoms. The van der Waals surface area contributed by atoms with E-state index in [1.807, 2.05) is 13.8 Å². The zero-order chi connectivity index (χ0) is 14.2. The van der Waals surface area contributed by atoms with Crippen LogP contribution in [0.1, 0.15) is 26.7 Å². The molecule has 0 aromatic heterocycles. The highest BCUT2D eigenvalue weighted by Crippen LogP contribution is 2.26. The number of rotatable bonds is 2. The van der Waals surface area contributed by atoms with Gasteiger partial charge in [0.2, 0.25) is 0 Å². The van der Waals surface area contributed by atoms with Gasteiger partial charge in [0.05, 0.1) is 17.7 Å². The van der Waals surface area contributed by atoms with Crippen LogP contribution in [0.15, 0.2) is 0 Å². The first kappa shape index (κ1) is 14.1. The molecule has 108 valence electrons. The number of amides is 2. The van der Waals surface area contributed by atoms with Crippen LogP contribution in [-0.4, -0.2) is 64.1 Å². The van der Waals surface area contributed by atoms with E-state index < -0.39 is 29.7 Å². The Hall–Kier alpha value is -1.34. The molecule has 2 amide bonds. The Kier molecular flexibility index (Phi) is 3.69. The molecule has 19 heavy (non-hydrogen) atoms. The highest BCUT2D eigenvalue weighted by molar-refractivity contribution is 5.84. The predicted octanol–water partition coefficient (Wildman–Crippen LogP) is -0.217. The molecule has 0 aromatic rings. The highest BCUT2D eigenvalue weighted by atomic mass is 16.5. The van der Waals surface area contributed by atoms with Crippen LogP contribution in [0.3, 0.4) is 0 Å². The molecule has 2 saturated heterocycles. The van der Waals surface area contributed by atoms with Crippen molar-refractivity contribution in [2.45, 2.75) is 50.5 Å². The number of carbonyl (C=O) groups excluding carboxylic acids is 1. The second-order valence-corrected chi connectivity index (χ2v) is 5.51. The molecular formula is C12H20N2O5. The molecule has 2 aliphatic heterocycles. The van der Waals surface area contributed by atoms with Crippen LogP contribution in [0.4, 0.5) is 4.79 Å². The number of aliphatic hydroxyl groups is 1. The molecule has 0 aromatic carbocycles. The monoisotopic (exact) mass is 272 g/mol. The van der Waals surface area contributed by atoms with E-state index in [-0.39, 0.29) is 19.1 Å². The molecule has 4 atom stereocenters. The number of β-amino-alcohol motifs (C(OH)–C–C–N with tert-alkyl or cyclic N) is 1. The largest absolute Gasteiger partial charge is 0.480 e. The molecule has 2 unspecified atom stereocenters. The molecule has 2 rings (SSSR count). The van der Waals surface area contributed by atoms with Crippen LogP contribution < -0.4 is 5.32 Å². The van der Waals surface area contributed by atoms with E-state index in [0.717, 1.165) is 0 Å². The van der Waals surface area contributed by atoms with Gasteiger partial charge in [-0.25, -0.2) is 9.59 Å². The molecule has 0 radical (unpaired) electrons. The van der Waals surface area contributed by atoms with E-state index in [0.29, 0.717) is 13.0 Å². The van der Waals surface area contributed by atoms with Crippen LogP contribution in [0, 0.1) is 0 Å². The molecule has 0 bridgehead atoms. The second kappa shape index (κ2) is 4.97. The topological polar surface area (TPSA) is 99.1 Å². The summed E-state index contributed by atoms with van der Waals surface area (Å²) in [5, 5.41) is 21.4. The fourth-order valence-electron chi connectivity index (χ4n) is 2.59. The summed E-state index contributed by atoms with van der Waals surface area (Å²) in [5.74, 6) is -1.09. The number of aliphatic hydroxyl groups excluding tert-OH is 1. The van der Waals surface area contributed by atoms with Crippen molar-refractivity contribution < 1.29 is 24.5 Å². The van der Waals surface area contributed by atoms with Gasteiger partial charge in [-0.2, -0.15) is 0 Å². The van der Waals surface area contributed by atoms with Gasteiger partial charge in [-0.1, -0.05) is 0 Å². The van der Waals surface area contributed by atoms with Crippen molar-refractivity contribution in [2.24, 2.45) is 0 Å². The summed E-state index contributed by atoms with van der Waals surface area (Å²) < 4.78 is 5.43. The van der Waals surface area contributed by atoms with Gasteiger partial charge in [0.25, 0.3) is 0 Å². The average molecular weight is 272 g/mol. The van der Waals surface area contributed by atoms with E-state index in [1.54, 1.807) is 0 Å². The van der Waals surface area contributed by atoms with Gasteiger partial charge in [-0.15, -0.1) is 0 Å². The minimum Gasteiger partial charge on any atom is -0.480 e. The zero-order valence-electron chi connectivity index (χ0n) is 11.1. The Bertz CT molecular complexity index is 388. The first-order chi connectivity index (χ1) is 8.83. The summed E-state index contributed by atoms with van der Waals surface area (Å²) in [6.45, 7) is 4.38. The van der Waals surface area contributed by atoms with Crippen molar-refractivity contribution >= 4 is 12.0 Å². The van der Waals surface area contributed by atoms with Crippen LogP contribution >= 0.6 is 0 Å². The van der Waals surface area contributed by atoms with Gasteiger partial charge in [0, 0.05) is 19.6 Å². The number of hydrogen-bond donors (Lipinski definition) is 3. The van der Waals surface area contributed by atoms with Gasteiger partial charge in [-0.3, -0.25) is 0 Å². The van der Waals surface area contributed by atoms with Gasteiger partial charge in [0.1, 0.15) is 6.04 Å². The number of aliphatic carboxylic acids is 1. The molecule has 3 N–H and O–H groups in total. The Balaban J connectivity index is 2.05. The SMILES string of the molecule is CC1OCCC1(C)NC(=O)N1C[C@@H](O)C[C@H]1C(=O)O. The summed E-state index contributed by atoms with van der Waals surface area (Å²) in [6.07, 6.45) is -0.135. The Morgan fingerprint density at radius 3 is 2.68 bits per heavy atom. The maximum Gasteiger partial charge on any atom is 0.326 e. The molecule has 0 saturated carbocycles. The van der Waals surface area contributed by atoms with Gasteiger partial charge >= 0.3 is 12.0 Å². The molecule has 0 aliphatic carbocycles. The third kappa shape index (κ3) is 2.66. The third-order valence-corrected chi connectivity index (χ3v) is 4.10. The Labute approximate surface area is 111 Å². The maximum atomic E-state index is 12.2. The van der Waals surface area contributed by atoms with E-state index in [4.69, 9.17) is 9.84 Å². The highest BCUT2D eigenvalue weighted by Gasteiger charge is 2.43. The molecule has 7 nitrogen and oxygen atoms in total. The van der Waals surface area contributed by atoms with Gasteiger partial charge < -0.3 is 25.2 Å². The van der Waals surface area contributed by atoms with E-state index >= 15 is 0 Å². The minimum atomic E-state index is -1.09. The number of hydrogen-bond acceptors (Lipinski definition) is 4. The van der Waals surface area contributed by atoms with Crippen molar-refractivity contribution in [1.29, 1.82) is 0 Å². The van der Waals surface area contributed by atoms with Crippen molar-refractivity contribution in [3.63, 3.8) is 0 Å². The van der Waals surface area contributed by atoms with Crippen LogP contribution in [0.2, 0.25) is 0 Å². The summed E-state index contributed by atoms with van der Waals surface area (Å²) in [6, 6.07) is -1.42. The van der Waals surface area contributed by atoms with Crippen LogP contribution in [0.25, 0.3) is 0 Å². The van der Waals surface area contributed by atoms with Crippen LogP contribution in [-0.2, 0) is 9.53 Å². The number of ether oxygens (including phenoxy) is 1. The Morgan fingerprint density at radius 2 is 2.16 bits per heavy atom. The summed E-state index contributed by atoms with van der Waals surface area (Å²) >= 11 is 0. The van der Waals surface area contributed by atoms with Crippen molar-refractivity contribution in [3.05, 3.63) is 0 Å². The summed E-state index contributed by atoms with van der Waals surface area (Å²) in [7, 11) is 0. The van der Waals surface area contributed by atoms with E-state index in [9.17, 15) is 14.7 Å². The van der Waals surface area contributed by atoms with Gasteiger partial charge in [-0.05, 0) is 20.3 Å².